The zero-order valence-electron chi connectivity index (χ0n) is 16.2. The van der Waals surface area contributed by atoms with Gasteiger partial charge in [0.15, 0.2) is 16.3 Å². The molecule has 0 aliphatic rings. The van der Waals surface area contributed by atoms with E-state index in [0.29, 0.717) is 16.3 Å². The summed E-state index contributed by atoms with van der Waals surface area (Å²) in [4.78, 5) is 13.0. The van der Waals surface area contributed by atoms with Crippen LogP contribution in [-0.2, 0) is 13.0 Å². The second-order valence-electron chi connectivity index (χ2n) is 6.38. The summed E-state index contributed by atoms with van der Waals surface area (Å²) in [6.07, 6.45) is 2.54. The molecule has 0 saturated carbocycles. The number of ether oxygens (including phenoxy) is 2. The minimum atomic E-state index is 0.174. The summed E-state index contributed by atoms with van der Waals surface area (Å²) in [5, 5.41) is 8.81. The van der Waals surface area contributed by atoms with Crippen molar-refractivity contribution in [1.29, 1.82) is 5.41 Å². The number of aromatic amines is 1. The van der Waals surface area contributed by atoms with Gasteiger partial charge in [-0.05, 0) is 41.9 Å². The first-order valence-electron chi connectivity index (χ1n) is 9.11. The molecule has 4 rings (SSSR count). The van der Waals surface area contributed by atoms with Gasteiger partial charge in [-0.25, -0.2) is 9.97 Å². The van der Waals surface area contributed by atoms with E-state index in [1.807, 2.05) is 41.0 Å². The molecule has 2 N–H and O–H groups in total. The van der Waals surface area contributed by atoms with E-state index in [4.69, 9.17) is 19.9 Å². The summed E-state index contributed by atoms with van der Waals surface area (Å²) >= 11 is 1.43. The molecule has 0 unspecified atom stereocenters. The number of benzene rings is 2. The van der Waals surface area contributed by atoms with Crippen LogP contribution in [0.25, 0.3) is 11.2 Å². The second-order valence-corrected chi connectivity index (χ2v) is 7.41. The predicted molar refractivity (Wildman–Crippen MR) is 112 cm³/mol. The molecular weight excluding hydrogens is 386 g/mol. The number of nitrogens with zero attached hydrogens (tertiary/aromatic N) is 3. The highest BCUT2D eigenvalue weighted by molar-refractivity contribution is 7.99. The van der Waals surface area contributed by atoms with Gasteiger partial charge in [0.2, 0.25) is 0 Å². The predicted octanol–water partition coefficient (Wildman–Crippen LogP) is 3.65. The van der Waals surface area contributed by atoms with Crippen LogP contribution in [-0.4, -0.2) is 33.7 Å². The first-order valence-corrected chi connectivity index (χ1v) is 9.93. The van der Waals surface area contributed by atoms with Crippen molar-refractivity contribution in [2.75, 3.05) is 14.2 Å². The van der Waals surface area contributed by atoms with Crippen LogP contribution in [0.1, 0.15) is 5.56 Å². The summed E-state index contributed by atoms with van der Waals surface area (Å²) in [6.45, 7) is 0.727. The Bertz CT molecular complexity index is 1190. The van der Waals surface area contributed by atoms with Gasteiger partial charge in [0, 0.05) is 6.54 Å². The van der Waals surface area contributed by atoms with Gasteiger partial charge in [-0.1, -0.05) is 30.3 Å². The smallest absolute Gasteiger partial charge is 0.173 e. The maximum absolute atomic E-state index is 8.14. The van der Waals surface area contributed by atoms with E-state index in [0.717, 1.165) is 29.4 Å². The van der Waals surface area contributed by atoms with Crippen LogP contribution >= 0.6 is 11.8 Å². The maximum Gasteiger partial charge on any atom is 0.173 e. The largest absolute Gasteiger partial charge is 0.497 e. The Morgan fingerprint density at radius 3 is 2.69 bits per heavy atom. The lowest BCUT2D eigenvalue weighted by atomic mass is 10.1. The summed E-state index contributed by atoms with van der Waals surface area (Å²) in [6, 6.07) is 15.9. The van der Waals surface area contributed by atoms with Crippen LogP contribution in [0.3, 0.4) is 0 Å². The Labute approximate surface area is 172 Å². The quantitative estimate of drug-likeness (QED) is 0.488. The Morgan fingerprint density at radius 1 is 1.10 bits per heavy atom. The van der Waals surface area contributed by atoms with Gasteiger partial charge in [0.25, 0.3) is 0 Å². The normalized spacial score (nSPS) is 11.0. The SMILES string of the molecule is COc1ccc(OC)c(Sc2nc3c([nH]2)c(=N)ncn3CCc2ccccc2)c1. The van der Waals surface area contributed by atoms with Crippen molar-refractivity contribution in [2.45, 2.75) is 23.0 Å². The van der Waals surface area contributed by atoms with Crippen LogP contribution in [0.2, 0.25) is 0 Å². The molecular formula is C21H21N5O2S. The molecule has 2 heterocycles. The molecule has 0 aliphatic carbocycles. The molecule has 8 heteroatoms. The summed E-state index contributed by atoms with van der Waals surface area (Å²) in [5.41, 5.74) is 2.75. The Balaban J connectivity index is 1.65. The van der Waals surface area contributed by atoms with E-state index in [1.165, 1.54) is 17.3 Å². The van der Waals surface area contributed by atoms with E-state index in [2.05, 4.69) is 22.1 Å². The van der Waals surface area contributed by atoms with E-state index in [-0.39, 0.29) is 5.49 Å². The third kappa shape index (κ3) is 4.12. The molecule has 0 bridgehead atoms. The van der Waals surface area contributed by atoms with Gasteiger partial charge in [-0.2, -0.15) is 0 Å². The molecule has 7 nitrogen and oxygen atoms in total. The third-order valence-electron chi connectivity index (χ3n) is 4.56. The lowest BCUT2D eigenvalue weighted by Gasteiger charge is -2.08. The fraction of sp³-hybridized carbons (Fsp3) is 0.190. The number of hydrogen-bond acceptors (Lipinski definition) is 6. The fourth-order valence-electron chi connectivity index (χ4n) is 3.04. The first kappa shape index (κ1) is 19.1. The van der Waals surface area contributed by atoms with Crippen molar-refractivity contribution in [2.24, 2.45) is 0 Å². The lowest BCUT2D eigenvalue weighted by molar-refractivity contribution is 0.394. The number of aromatic nitrogens is 4. The second kappa shape index (κ2) is 8.40. The zero-order valence-corrected chi connectivity index (χ0v) is 17.0. The van der Waals surface area contributed by atoms with Crippen LogP contribution in [0.15, 0.2) is 64.9 Å². The van der Waals surface area contributed by atoms with Crippen LogP contribution in [0, 0.1) is 5.41 Å². The number of rotatable bonds is 7. The molecule has 0 fully saturated rings. The van der Waals surface area contributed by atoms with Crippen molar-refractivity contribution >= 4 is 22.9 Å². The van der Waals surface area contributed by atoms with Crippen LogP contribution < -0.4 is 15.0 Å². The monoisotopic (exact) mass is 407 g/mol. The van der Waals surface area contributed by atoms with Gasteiger partial charge >= 0.3 is 0 Å². The van der Waals surface area contributed by atoms with Crippen molar-refractivity contribution in [3.8, 4) is 11.5 Å². The summed E-state index contributed by atoms with van der Waals surface area (Å²) in [7, 11) is 3.26. The molecule has 0 saturated heterocycles. The van der Waals surface area contributed by atoms with Crippen molar-refractivity contribution in [3.63, 3.8) is 0 Å². The van der Waals surface area contributed by atoms with Crippen LogP contribution in [0.4, 0.5) is 0 Å². The number of aryl methyl sites for hydroxylation is 2. The highest BCUT2D eigenvalue weighted by Gasteiger charge is 2.13. The summed E-state index contributed by atoms with van der Waals surface area (Å²) < 4.78 is 12.7. The minimum Gasteiger partial charge on any atom is -0.497 e. The zero-order chi connectivity index (χ0) is 20.2. The van der Waals surface area contributed by atoms with Gasteiger partial charge in [-0.15, -0.1) is 0 Å². The number of fused-ring (bicyclic) bond motifs is 1. The Hall–Kier alpha value is -3.26. The van der Waals surface area contributed by atoms with E-state index >= 15 is 0 Å². The van der Waals surface area contributed by atoms with Crippen molar-refractivity contribution in [3.05, 3.63) is 65.9 Å². The first-order chi connectivity index (χ1) is 14.2. The molecule has 0 spiro atoms. The molecule has 29 heavy (non-hydrogen) atoms. The van der Waals surface area contributed by atoms with E-state index in [9.17, 15) is 0 Å². The van der Waals surface area contributed by atoms with Gasteiger partial charge < -0.3 is 19.0 Å². The standard InChI is InChI=1S/C21H21N5O2S/c1-27-15-8-9-16(28-2)17(12-15)29-21-24-18-19(22)23-13-26(20(18)25-21)11-10-14-6-4-3-5-7-14/h3-9,12-13,22H,10-11H2,1-2H3,(H,24,25). The number of H-pyrrole nitrogens is 1. The fourth-order valence-corrected chi connectivity index (χ4v) is 3.96. The van der Waals surface area contributed by atoms with E-state index in [1.54, 1.807) is 20.5 Å². The van der Waals surface area contributed by atoms with Gasteiger partial charge in [-0.3, -0.25) is 5.41 Å². The highest BCUT2D eigenvalue weighted by Crippen LogP contribution is 2.36. The topological polar surface area (TPSA) is 88.8 Å². The number of nitrogens with one attached hydrogen (secondary N) is 2. The molecule has 2 aromatic heterocycles. The molecule has 4 aromatic rings. The maximum atomic E-state index is 8.14. The molecule has 0 atom stereocenters. The molecule has 0 aliphatic heterocycles. The van der Waals surface area contributed by atoms with Crippen molar-refractivity contribution in [1.82, 2.24) is 19.5 Å². The molecule has 148 valence electrons. The molecule has 0 radical (unpaired) electrons. The van der Waals surface area contributed by atoms with Crippen LogP contribution in [0.5, 0.6) is 11.5 Å². The van der Waals surface area contributed by atoms with Gasteiger partial charge in [0.1, 0.15) is 17.0 Å². The summed E-state index contributed by atoms with van der Waals surface area (Å²) in [5.74, 6) is 1.47. The highest BCUT2D eigenvalue weighted by atomic mass is 32.2. The third-order valence-corrected chi connectivity index (χ3v) is 5.49. The van der Waals surface area contributed by atoms with Gasteiger partial charge in [0.05, 0.1) is 25.4 Å². The average molecular weight is 407 g/mol. The number of hydrogen-bond donors (Lipinski definition) is 2. The average Bonchev–Trinajstić information content (AvgIpc) is 3.18. The Morgan fingerprint density at radius 2 is 1.93 bits per heavy atom. The van der Waals surface area contributed by atoms with E-state index < -0.39 is 0 Å². The number of imidazole rings is 1. The molecule has 2 aromatic carbocycles. The molecule has 0 amide bonds. The Kier molecular flexibility index (Phi) is 5.53. The minimum absolute atomic E-state index is 0.174. The van der Waals surface area contributed by atoms with Crippen molar-refractivity contribution < 1.29 is 9.47 Å². The number of methoxy groups -OCH3 is 2. The lowest BCUT2D eigenvalue weighted by Crippen LogP contribution is -2.13.